The molecule has 1 rings (SSSR count). The van der Waals surface area contributed by atoms with Crippen LogP contribution < -0.4 is 4.74 Å². The SMILES string of the molecule is CC(=O)Cc1cc(Br)cc(OCF)c1. The average molecular weight is 261 g/mol. The molecule has 0 saturated heterocycles. The van der Waals surface area contributed by atoms with Crippen LogP contribution in [-0.4, -0.2) is 12.6 Å². The number of halogens is 2. The fraction of sp³-hybridized carbons (Fsp3) is 0.300. The zero-order valence-electron chi connectivity index (χ0n) is 7.72. The van der Waals surface area contributed by atoms with Crippen LogP contribution in [-0.2, 0) is 11.2 Å². The summed E-state index contributed by atoms with van der Waals surface area (Å²) in [6.45, 7) is 0.645. The lowest BCUT2D eigenvalue weighted by molar-refractivity contribution is -0.116. The summed E-state index contributed by atoms with van der Waals surface area (Å²) in [5, 5.41) is 0. The van der Waals surface area contributed by atoms with Crippen molar-refractivity contribution < 1.29 is 13.9 Å². The van der Waals surface area contributed by atoms with Gasteiger partial charge in [-0.3, -0.25) is 4.79 Å². The van der Waals surface area contributed by atoms with Crippen LogP contribution in [0.25, 0.3) is 0 Å². The van der Waals surface area contributed by atoms with E-state index in [4.69, 9.17) is 4.74 Å². The Balaban J connectivity index is 2.88. The molecule has 0 aliphatic rings. The molecule has 2 nitrogen and oxygen atoms in total. The third-order valence-corrected chi connectivity index (χ3v) is 2.06. The predicted molar refractivity (Wildman–Crippen MR) is 55.1 cm³/mol. The quantitative estimate of drug-likeness (QED) is 0.833. The minimum Gasteiger partial charge on any atom is -0.463 e. The first-order valence-electron chi connectivity index (χ1n) is 4.09. The Kier molecular flexibility index (Phi) is 4.07. The average Bonchev–Trinajstić information content (AvgIpc) is 2.01. The molecule has 0 radical (unpaired) electrons. The molecule has 0 N–H and O–H groups in total. The van der Waals surface area contributed by atoms with E-state index >= 15 is 0 Å². The summed E-state index contributed by atoms with van der Waals surface area (Å²) in [7, 11) is 0. The van der Waals surface area contributed by atoms with Crippen molar-refractivity contribution in [3.05, 3.63) is 28.2 Å². The molecule has 0 heterocycles. The van der Waals surface area contributed by atoms with Gasteiger partial charge >= 0.3 is 0 Å². The molecular weight excluding hydrogens is 251 g/mol. The lowest BCUT2D eigenvalue weighted by atomic mass is 10.1. The van der Waals surface area contributed by atoms with Gasteiger partial charge in [-0.25, -0.2) is 4.39 Å². The van der Waals surface area contributed by atoms with E-state index in [-0.39, 0.29) is 5.78 Å². The molecule has 14 heavy (non-hydrogen) atoms. The van der Waals surface area contributed by atoms with Gasteiger partial charge in [0.1, 0.15) is 11.5 Å². The molecule has 76 valence electrons. The number of Topliss-reactive ketones (excluding diaryl/α,β-unsaturated/α-hetero) is 1. The van der Waals surface area contributed by atoms with E-state index in [1.807, 2.05) is 6.07 Å². The Morgan fingerprint density at radius 2 is 2.21 bits per heavy atom. The normalized spacial score (nSPS) is 9.93. The molecule has 0 aromatic heterocycles. The van der Waals surface area contributed by atoms with E-state index in [1.54, 1.807) is 12.1 Å². The number of hydrogen-bond acceptors (Lipinski definition) is 2. The molecule has 0 unspecified atom stereocenters. The third-order valence-electron chi connectivity index (χ3n) is 1.61. The van der Waals surface area contributed by atoms with Crippen molar-refractivity contribution in [1.29, 1.82) is 0 Å². The largest absolute Gasteiger partial charge is 0.463 e. The topological polar surface area (TPSA) is 26.3 Å². The summed E-state index contributed by atoms with van der Waals surface area (Å²) in [5.74, 6) is 0.493. The van der Waals surface area contributed by atoms with E-state index in [0.29, 0.717) is 12.2 Å². The maximum Gasteiger partial charge on any atom is 0.228 e. The van der Waals surface area contributed by atoms with Gasteiger partial charge < -0.3 is 4.74 Å². The summed E-state index contributed by atoms with van der Waals surface area (Å²) in [4.78, 5) is 10.9. The fourth-order valence-electron chi connectivity index (χ4n) is 1.16. The molecule has 0 atom stereocenters. The maximum absolute atomic E-state index is 11.9. The van der Waals surface area contributed by atoms with Crippen LogP contribution >= 0.6 is 15.9 Å². The van der Waals surface area contributed by atoms with Crippen LogP contribution in [0.15, 0.2) is 22.7 Å². The van der Waals surface area contributed by atoms with Crippen LogP contribution in [0.3, 0.4) is 0 Å². The molecule has 0 bridgehead atoms. The molecular formula is C10H10BrFO2. The monoisotopic (exact) mass is 260 g/mol. The second kappa shape index (κ2) is 5.10. The first-order valence-corrected chi connectivity index (χ1v) is 4.89. The van der Waals surface area contributed by atoms with E-state index in [0.717, 1.165) is 10.0 Å². The maximum atomic E-state index is 11.9. The zero-order valence-corrected chi connectivity index (χ0v) is 9.30. The number of rotatable bonds is 4. The second-order valence-corrected chi connectivity index (χ2v) is 3.84. The number of hydrogen-bond donors (Lipinski definition) is 0. The zero-order chi connectivity index (χ0) is 10.6. The van der Waals surface area contributed by atoms with Gasteiger partial charge in [-0.2, -0.15) is 0 Å². The highest BCUT2D eigenvalue weighted by atomic mass is 79.9. The standard InChI is InChI=1S/C10H10BrFO2/c1-7(13)2-8-3-9(11)5-10(4-8)14-6-12/h3-5H,2,6H2,1H3. The number of alkyl halides is 1. The van der Waals surface area contributed by atoms with E-state index in [2.05, 4.69) is 15.9 Å². The van der Waals surface area contributed by atoms with E-state index in [9.17, 15) is 9.18 Å². The molecule has 0 aliphatic carbocycles. The molecule has 1 aromatic carbocycles. The van der Waals surface area contributed by atoms with Gasteiger partial charge in [0.2, 0.25) is 6.86 Å². The van der Waals surface area contributed by atoms with Gasteiger partial charge in [0.15, 0.2) is 0 Å². The number of carbonyl (C=O) groups is 1. The predicted octanol–water partition coefficient (Wildman–Crippen LogP) is 2.89. The Labute approximate surface area is 90.2 Å². The van der Waals surface area contributed by atoms with E-state index < -0.39 is 6.86 Å². The molecule has 0 spiro atoms. The van der Waals surface area contributed by atoms with E-state index in [1.165, 1.54) is 6.92 Å². The number of ether oxygens (including phenoxy) is 1. The van der Waals surface area contributed by atoms with Crippen LogP contribution in [0.4, 0.5) is 4.39 Å². The van der Waals surface area contributed by atoms with Crippen molar-refractivity contribution in [2.24, 2.45) is 0 Å². The highest BCUT2D eigenvalue weighted by molar-refractivity contribution is 9.10. The van der Waals surface area contributed by atoms with Crippen LogP contribution in [0, 0.1) is 0 Å². The summed E-state index contributed by atoms with van der Waals surface area (Å²) in [6.07, 6.45) is 0.335. The first kappa shape index (κ1) is 11.2. The van der Waals surface area contributed by atoms with Crippen molar-refractivity contribution in [3.63, 3.8) is 0 Å². The van der Waals surface area contributed by atoms with Crippen LogP contribution in [0.5, 0.6) is 5.75 Å². The van der Waals surface area contributed by atoms with Gasteiger partial charge in [-0.05, 0) is 30.7 Å². The minimum atomic E-state index is -0.865. The molecule has 0 aliphatic heterocycles. The molecule has 0 saturated carbocycles. The summed E-state index contributed by atoms with van der Waals surface area (Å²) >= 11 is 3.26. The minimum absolute atomic E-state index is 0.0642. The lowest BCUT2D eigenvalue weighted by Gasteiger charge is -2.05. The second-order valence-electron chi connectivity index (χ2n) is 2.93. The number of benzene rings is 1. The Bertz CT molecular complexity index is 339. The van der Waals surface area contributed by atoms with Crippen molar-refractivity contribution in [3.8, 4) is 5.75 Å². The van der Waals surface area contributed by atoms with Crippen molar-refractivity contribution in [2.45, 2.75) is 13.3 Å². The highest BCUT2D eigenvalue weighted by Gasteiger charge is 2.02. The van der Waals surface area contributed by atoms with Gasteiger partial charge in [-0.1, -0.05) is 15.9 Å². The number of ketones is 1. The Morgan fingerprint density at radius 3 is 2.79 bits per heavy atom. The van der Waals surface area contributed by atoms with Crippen LogP contribution in [0.2, 0.25) is 0 Å². The molecule has 0 fully saturated rings. The molecule has 4 heteroatoms. The van der Waals surface area contributed by atoms with Crippen molar-refractivity contribution in [2.75, 3.05) is 6.86 Å². The summed E-state index contributed by atoms with van der Waals surface area (Å²) in [5.41, 5.74) is 0.815. The van der Waals surface area contributed by atoms with Crippen molar-refractivity contribution >= 4 is 21.7 Å². The third kappa shape index (κ3) is 3.46. The molecule has 0 amide bonds. The van der Waals surface area contributed by atoms with Crippen LogP contribution in [0.1, 0.15) is 12.5 Å². The Hall–Kier alpha value is -0.900. The van der Waals surface area contributed by atoms with Gasteiger partial charge in [0.05, 0.1) is 0 Å². The first-order chi connectivity index (χ1) is 6.61. The number of carbonyl (C=O) groups excluding carboxylic acids is 1. The lowest BCUT2D eigenvalue weighted by Crippen LogP contribution is -1.97. The van der Waals surface area contributed by atoms with Crippen molar-refractivity contribution in [1.82, 2.24) is 0 Å². The van der Waals surface area contributed by atoms with Gasteiger partial charge in [-0.15, -0.1) is 0 Å². The highest BCUT2D eigenvalue weighted by Crippen LogP contribution is 2.22. The molecule has 1 aromatic rings. The van der Waals surface area contributed by atoms with Gasteiger partial charge in [0, 0.05) is 10.9 Å². The summed E-state index contributed by atoms with van der Waals surface area (Å²) in [6, 6.07) is 5.13. The Morgan fingerprint density at radius 1 is 1.50 bits per heavy atom. The fourth-order valence-corrected chi connectivity index (χ4v) is 1.68. The smallest absolute Gasteiger partial charge is 0.228 e. The van der Waals surface area contributed by atoms with Gasteiger partial charge in [0.25, 0.3) is 0 Å². The summed E-state index contributed by atoms with van der Waals surface area (Å²) < 4.78 is 17.4.